The van der Waals surface area contributed by atoms with Gasteiger partial charge in [-0.15, -0.1) is 0 Å². The molecule has 3 saturated heterocycles. The number of aliphatic carboxylic acids is 1. The second kappa shape index (κ2) is 37.3. The van der Waals surface area contributed by atoms with Gasteiger partial charge in [-0.05, 0) is 80.6 Å². The summed E-state index contributed by atoms with van der Waals surface area (Å²) in [6.07, 6.45) is 1.19. The van der Waals surface area contributed by atoms with Crippen LogP contribution in [0.25, 0.3) is 0 Å². The molecule has 14 N–H and O–H groups in total. The lowest BCUT2D eigenvalue weighted by Crippen LogP contribution is -2.61. The molecule has 98 heavy (non-hydrogen) atoms. The summed E-state index contributed by atoms with van der Waals surface area (Å²) < 4.78 is 0. The molecule has 0 radical (unpaired) electrons. The zero-order chi connectivity index (χ0) is 73.0. The summed E-state index contributed by atoms with van der Waals surface area (Å²) >= 11 is 0. The SMILES string of the molecule is CC[C@@H]1NC(=O)[C@@H]2C[C@@H](O)CN2C(=O)[C@@H]2CCCN2C(=O)[C@H](Cc2ccccc2)NC(=O)[C@H]([C@H](C)CC)NC(=O)[C@H]([C@H](C)CC)NC=C(C(=O)N2CCC[C@H]2C(=O)N[C@H](C(=O)N[C@@H](CC(N)=O)C(=O)N[C@@H](C)C(=O)N[C@H](C(=O)O)[C@@H](C)CC)[C@@H](C)CC)NC(=O)[C@H](CC(C)C)NC1=O. The molecule has 0 bridgehead atoms. The van der Waals surface area contributed by atoms with E-state index in [4.69, 9.17) is 5.73 Å². The van der Waals surface area contributed by atoms with E-state index in [2.05, 4.69) is 53.2 Å². The molecule has 1 aromatic carbocycles. The largest absolute Gasteiger partial charge is 0.480 e. The smallest absolute Gasteiger partial charge is 0.326 e. The number of hydrogen-bond acceptors (Lipinski definition) is 16. The summed E-state index contributed by atoms with van der Waals surface area (Å²) in [5, 5.41) is 47.7. The van der Waals surface area contributed by atoms with E-state index in [-0.39, 0.29) is 76.9 Å². The third-order valence-corrected chi connectivity index (χ3v) is 19.3. The van der Waals surface area contributed by atoms with E-state index in [1.54, 1.807) is 99.6 Å². The molecule has 17 atom stereocenters. The highest BCUT2D eigenvalue weighted by molar-refractivity contribution is 6.03. The first-order valence-corrected chi connectivity index (χ1v) is 34.7. The average Bonchev–Trinajstić information content (AvgIpc) is 1.62. The lowest BCUT2D eigenvalue weighted by atomic mass is 9.94. The van der Waals surface area contributed by atoms with Gasteiger partial charge in [-0.2, -0.15) is 0 Å². The third kappa shape index (κ3) is 21.4. The topological polar surface area (TPSA) is 435 Å². The highest BCUT2D eigenvalue weighted by Crippen LogP contribution is 2.28. The van der Waals surface area contributed by atoms with Crippen LogP contribution in [-0.4, -0.2) is 206 Å². The third-order valence-electron chi connectivity index (χ3n) is 19.3. The number of nitrogens with one attached hydrogen (secondary N) is 10. The first-order valence-electron chi connectivity index (χ1n) is 34.7. The van der Waals surface area contributed by atoms with Crippen molar-refractivity contribution in [2.45, 2.75) is 245 Å². The van der Waals surface area contributed by atoms with Gasteiger partial charge < -0.3 is 83.8 Å². The van der Waals surface area contributed by atoms with Crippen molar-refractivity contribution < 1.29 is 77.3 Å². The van der Waals surface area contributed by atoms with Gasteiger partial charge in [-0.25, -0.2) is 4.79 Å². The van der Waals surface area contributed by atoms with E-state index in [0.29, 0.717) is 31.2 Å². The zero-order valence-electron chi connectivity index (χ0n) is 58.7. The van der Waals surface area contributed by atoms with E-state index in [9.17, 15) is 67.7 Å². The number of rotatable bonds is 25. The van der Waals surface area contributed by atoms with Gasteiger partial charge in [-0.1, -0.05) is 132 Å². The molecule has 1 aromatic rings. The molecule has 544 valence electrons. The number of primary amides is 1. The maximum atomic E-state index is 15.4. The molecule has 4 aliphatic heterocycles. The molecule has 30 nitrogen and oxygen atoms in total. The highest BCUT2D eigenvalue weighted by Gasteiger charge is 2.48. The lowest BCUT2D eigenvalue weighted by molar-refractivity contribution is -0.148. The quantitative estimate of drug-likeness (QED) is 0.0592. The molecule has 30 heteroatoms. The number of fused-ring (bicyclic) bond motifs is 2. The second-order valence-corrected chi connectivity index (χ2v) is 27.1. The summed E-state index contributed by atoms with van der Waals surface area (Å²) in [4.78, 5) is 203. The van der Waals surface area contributed by atoms with Crippen molar-refractivity contribution in [3.8, 4) is 0 Å². The van der Waals surface area contributed by atoms with E-state index in [0.717, 1.165) is 11.1 Å². The standard InChI is InChI=1S/C68H106N14O16/c1-13-36(8)52-62(91)78-54(38(10)15-3)64(93)75-46(30-41-23-19-18-20-24-41)65(94)81-28-22-26-49(81)67(96)82-34-42(83)31-50(82)61(90)72-43(17-5)57(86)73-44(29-35(6)7)59(88)76-47(33-70-52)66(95)80-27-21-25-48(80)60(89)77-53(37(9)14-2)63(92)74-45(32-51(69)84)58(87)71-40(12)56(85)79-55(68(97)98)39(11)16-4/h18-20,23-24,33,35-40,42-46,48-50,52-55,70,83H,13-17,21-22,25-32,34H2,1-12H3,(H2,69,84)(H,71,87)(H,72,90)(H,73,86)(H,74,92)(H,75,93)(H,76,88)(H,77,89)(H,78,91)(H,79,85)(H,97,98)/t36-,37+,38-,39+,40+,42-,43+,44+,45+,46+,48+,49+,50+,52+,53+,54+,55+/m1/s1. The fourth-order valence-electron chi connectivity index (χ4n) is 12.5. The van der Waals surface area contributed by atoms with Gasteiger partial charge in [0.25, 0.3) is 5.91 Å². The maximum Gasteiger partial charge on any atom is 0.326 e. The van der Waals surface area contributed by atoms with E-state index in [1.807, 2.05) is 6.92 Å². The van der Waals surface area contributed by atoms with Crippen LogP contribution in [0.5, 0.6) is 0 Å². The molecule has 3 fully saturated rings. The minimum Gasteiger partial charge on any atom is -0.480 e. The monoisotopic (exact) mass is 1370 g/mol. The summed E-state index contributed by atoms with van der Waals surface area (Å²) in [6.45, 7) is 20.0. The molecule has 0 saturated carbocycles. The Morgan fingerprint density at radius 3 is 1.82 bits per heavy atom. The van der Waals surface area contributed by atoms with Crippen LogP contribution in [0.1, 0.15) is 166 Å². The number of benzene rings is 1. The molecule has 0 spiro atoms. The fourth-order valence-corrected chi connectivity index (χ4v) is 12.5. The molecule has 13 amide bonds. The number of nitrogens with zero attached hydrogens (tertiary/aromatic N) is 3. The van der Waals surface area contributed by atoms with Crippen molar-refractivity contribution >= 4 is 82.8 Å². The summed E-state index contributed by atoms with van der Waals surface area (Å²) in [5.41, 5.74) is 5.69. The van der Waals surface area contributed by atoms with Crippen LogP contribution in [0.4, 0.5) is 0 Å². The van der Waals surface area contributed by atoms with Crippen molar-refractivity contribution in [3.63, 3.8) is 0 Å². The van der Waals surface area contributed by atoms with Crippen molar-refractivity contribution in [1.82, 2.24) is 67.9 Å². The minimum absolute atomic E-state index is 0.0159. The number of amides is 13. The van der Waals surface area contributed by atoms with Crippen LogP contribution in [0.15, 0.2) is 42.2 Å². The van der Waals surface area contributed by atoms with Gasteiger partial charge in [-0.3, -0.25) is 62.3 Å². The molecule has 0 aromatic heterocycles. The van der Waals surface area contributed by atoms with Crippen LogP contribution in [0, 0.1) is 29.6 Å². The van der Waals surface area contributed by atoms with Gasteiger partial charge in [0.05, 0.1) is 12.5 Å². The van der Waals surface area contributed by atoms with Crippen LogP contribution in [0.3, 0.4) is 0 Å². The Morgan fingerprint density at radius 1 is 0.612 bits per heavy atom. The van der Waals surface area contributed by atoms with Crippen LogP contribution >= 0.6 is 0 Å². The molecule has 4 aliphatic rings. The van der Waals surface area contributed by atoms with E-state index < -0.39 is 197 Å². The number of aliphatic hydroxyl groups excluding tert-OH is 1. The highest BCUT2D eigenvalue weighted by atomic mass is 16.4. The Bertz CT molecular complexity index is 3080. The number of nitrogens with two attached hydrogens (primary N) is 1. The number of likely N-dealkylation sites (tertiary alicyclic amines) is 1. The number of hydrogen-bond donors (Lipinski definition) is 13. The predicted molar refractivity (Wildman–Crippen MR) is 359 cm³/mol. The van der Waals surface area contributed by atoms with Crippen LogP contribution in [0.2, 0.25) is 0 Å². The van der Waals surface area contributed by atoms with Crippen molar-refractivity contribution in [3.05, 3.63) is 47.8 Å². The van der Waals surface area contributed by atoms with Gasteiger partial charge in [0.2, 0.25) is 70.9 Å². The molecule has 0 unspecified atom stereocenters. The van der Waals surface area contributed by atoms with Gasteiger partial charge >= 0.3 is 5.97 Å². The Labute approximate surface area is 573 Å². The Morgan fingerprint density at radius 2 is 1.21 bits per heavy atom. The van der Waals surface area contributed by atoms with Crippen molar-refractivity contribution in [2.24, 2.45) is 35.3 Å². The first-order chi connectivity index (χ1) is 46.3. The van der Waals surface area contributed by atoms with Gasteiger partial charge in [0.1, 0.15) is 78.2 Å². The normalized spacial score (nSPS) is 25.7. The molecular weight excluding hydrogens is 1270 g/mol. The number of aliphatic hydroxyl groups is 1. The summed E-state index contributed by atoms with van der Waals surface area (Å²) in [5.74, 6) is -14.7. The Balaban J connectivity index is 1.56. The second-order valence-electron chi connectivity index (χ2n) is 27.1. The maximum absolute atomic E-state index is 15.4. The van der Waals surface area contributed by atoms with Gasteiger partial charge in [0, 0.05) is 38.7 Å². The number of carboxylic acid groups (broad SMARTS) is 1. The Kier molecular flexibility index (Phi) is 30.5. The summed E-state index contributed by atoms with van der Waals surface area (Å²) in [7, 11) is 0. The van der Waals surface area contributed by atoms with Crippen LogP contribution in [-0.2, 0) is 73.5 Å². The Hall–Kier alpha value is -8.70. The van der Waals surface area contributed by atoms with Crippen molar-refractivity contribution in [2.75, 3.05) is 19.6 Å². The molecule has 0 aliphatic carbocycles. The zero-order valence-corrected chi connectivity index (χ0v) is 58.7. The molecule has 5 rings (SSSR count). The van der Waals surface area contributed by atoms with Crippen molar-refractivity contribution in [1.29, 1.82) is 0 Å². The van der Waals surface area contributed by atoms with E-state index >= 15 is 9.59 Å². The number of carboxylic acids is 1. The fraction of sp³-hybridized carbons (Fsp3) is 0.676. The average molecular weight is 1380 g/mol. The minimum atomic E-state index is -1.69. The van der Waals surface area contributed by atoms with Gasteiger partial charge in [0.15, 0.2) is 0 Å². The van der Waals surface area contributed by atoms with Crippen LogP contribution < -0.4 is 58.9 Å². The summed E-state index contributed by atoms with van der Waals surface area (Å²) in [6, 6.07) is -7.11. The van der Waals surface area contributed by atoms with E-state index in [1.165, 1.54) is 16.7 Å². The molecular formula is C68H106N14O16. The number of carbonyl (C=O) groups excluding carboxylic acids is 13. The predicted octanol–water partition coefficient (Wildman–Crippen LogP) is -0.399. The first kappa shape index (κ1) is 80.0. The molecule has 4 heterocycles. The lowest BCUT2D eigenvalue weighted by Gasteiger charge is -2.34. The number of carbonyl (C=O) groups is 14.